The quantitative estimate of drug-likeness (QED) is 0.0211. The first-order chi connectivity index (χ1) is 43.6. The molecule has 9 heteroatoms. The fourth-order valence-corrected chi connectivity index (χ4v) is 9.67. The van der Waals surface area contributed by atoms with Crippen LogP contribution in [0.3, 0.4) is 0 Å². The molecule has 0 spiro atoms. The van der Waals surface area contributed by atoms with Gasteiger partial charge in [0.1, 0.15) is 13.2 Å². The number of allylic oxidation sites excluding steroid dienone is 24. The van der Waals surface area contributed by atoms with Crippen molar-refractivity contribution in [2.24, 2.45) is 0 Å². The smallest absolute Gasteiger partial charge is 0.361 e. The predicted octanol–water partition coefficient (Wildman–Crippen LogP) is 22.7. The van der Waals surface area contributed by atoms with Gasteiger partial charge in [0.25, 0.3) is 6.29 Å². The molecule has 0 rings (SSSR count). The minimum Gasteiger partial charge on any atom is -0.477 e. The Kier molecular flexibility index (Phi) is 65.3. The highest BCUT2D eigenvalue weighted by molar-refractivity contribution is 5.71. The Morgan fingerprint density at radius 2 is 0.607 bits per heavy atom. The van der Waals surface area contributed by atoms with Gasteiger partial charge in [0.05, 0.1) is 34.4 Å². The third-order valence-corrected chi connectivity index (χ3v) is 15.1. The standard InChI is InChI=1S/C80H133NO8/c1-6-8-10-12-14-16-18-20-22-24-26-28-30-32-33-34-35-36-37-38-39-40-41-42-43-44-45-47-49-51-53-55-57-59-61-63-65-67-69-71-78(83)89-76(75-88-80(79(84)85)86-73-72-81(3,4)5)74-87-77(82)70-68-66-64-62-60-58-56-54-52-50-48-46-31-29-27-25-23-21-19-17-15-13-11-9-7-2/h8-11,14-17,20-23,26-29,32-33,35-36,38-39,46,48,76,80H,6-7,12-13,18-19,24-25,30-31,34,37,40-45,47,49-75H2,1-5H3/p+1/b10-8-,11-9-,16-14-,17-15-,22-20-,23-21-,28-26-,29-27-,33-32-,36-35-,39-38-,48-46-. The fraction of sp³-hybridized carbons (Fsp3) is 0.662. The molecule has 0 aliphatic heterocycles. The number of ether oxygens (including phenoxy) is 4. The number of rotatable bonds is 65. The van der Waals surface area contributed by atoms with Crippen LogP contribution in [0.2, 0.25) is 0 Å². The molecule has 9 nitrogen and oxygen atoms in total. The number of nitrogens with zero attached hydrogens (tertiary/aromatic N) is 1. The first-order valence-corrected chi connectivity index (χ1v) is 36.0. The van der Waals surface area contributed by atoms with E-state index in [-0.39, 0.29) is 38.6 Å². The summed E-state index contributed by atoms with van der Waals surface area (Å²) in [5.41, 5.74) is 0. The molecule has 0 aliphatic rings. The lowest BCUT2D eigenvalue weighted by Crippen LogP contribution is -2.40. The molecule has 0 amide bonds. The molecule has 0 saturated carbocycles. The third-order valence-electron chi connectivity index (χ3n) is 15.1. The number of carboxylic acid groups (broad SMARTS) is 1. The first kappa shape index (κ1) is 84.2. The van der Waals surface area contributed by atoms with E-state index in [1.54, 1.807) is 0 Å². The lowest BCUT2D eigenvalue weighted by atomic mass is 10.0. The van der Waals surface area contributed by atoms with Crippen LogP contribution in [0.1, 0.15) is 284 Å². The molecule has 0 aromatic carbocycles. The zero-order chi connectivity index (χ0) is 64.7. The van der Waals surface area contributed by atoms with Crippen LogP contribution in [0.15, 0.2) is 146 Å². The van der Waals surface area contributed by atoms with Gasteiger partial charge >= 0.3 is 17.9 Å². The number of carboxylic acids is 1. The molecule has 0 aromatic heterocycles. The molecule has 2 atom stereocenters. The van der Waals surface area contributed by atoms with Gasteiger partial charge in [-0.05, 0) is 116 Å². The van der Waals surface area contributed by atoms with Gasteiger partial charge < -0.3 is 28.5 Å². The molecule has 0 aliphatic carbocycles. The number of hydrogen-bond acceptors (Lipinski definition) is 7. The van der Waals surface area contributed by atoms with Crippen LogP contribution >= 0.6 is 0 Å². The lowest BCUT2D eigenvalue weighted by molar-refractivity contribution is -0.870. The highest BCUT2D eigenvalue weighted by Gasteiger charge is 2.25. The largest absolute Gasteiger partial charge is 0.477 e. The summed E-state index contributed by atoms with van der Waals surface area (Å²) in [5.74, 6) is -2.01. The third kappa shape index (κ3) is 70.5. The highest BCUT2D eigenvalue weighted by atomic mass is 16.7. The van der Waals surface area contributed by atoms with Crippen LogP contribution in [0.25, 0.3) is 0 Å². The van der Waals surface area contributed by atoms with E-state index in [2.05, 4.69) is 160 Å². The number of unbranched alkanes of at least 4 members (excludes halogenated alkanes) is 26. The maximum absolute atomic E-state index is 13.0. The Hall–Kier alpha value is -4.83. The van der Waals surface area contributed by atoms with E-state index < -0.39 is 24.3 Å². The number of esters is 2. The zero-order valence-electron chi connectivity index (χ0n) is 57.8. The van der Waals surface area contributed by atoms with E-state index in [0.717, 1.165) is 122 Å². The lowest BCUT2D eigenvalue weighted by Gasteiger charge is -2.25. The summed E-state index contributed by atoms with van der Waals surface area (Å²) in [6.45, 7) is 4.65. The summed E-state index contributed by atoms with van der Waals surface area (Å²) in [6, 6.07) is 0. The number of carbonyl (C=O) groups is 3. The average molecular weight is 1240 g/mol. The molecule has 1 N–H and O–H groups in total. The van der Waals surface area contributed by atoms with Gasteiger partial charge in [-0.15, -0.1) is 0 Å². The second-order valence-corrected chi connectivity index (χ2v) is 24.8. The van der Waals surface area contributed by atoms with E-state index in [9.17, 15) is 19.5 Å². The molecule has 0 heterocycles. The van der Waals surface area contributed by atoms with Crippen LogP contribution in [0, 0.1) is 0 Å². The Morgan fingerprint density at radius 3 is 0.899 bits per heavy atom. The van der Waals surface area contributed by atoms with Crippen molar-refractivity contribution >= 4 is 17.9 Å². The van der Waals surface area contributed by atoms with E-state index in [4.69, 9.17) is 18.9 Å². The molecular formula is C80H134NO8+. The van der Waals surface area contributed by atoms with Crippen molar-refractivity contribution in [2.75, 3.05) is 47.5 Å². The van der Waals surface area contributed by atoms with Crippen molar-refractivity contribution in [1.82, 2.24) is 0 Å². The number of likely N-dealkylation sites (N-methyl/N-ethyl adjacent to an activating group) is 1. The van der Waals surface area contributed by atoms with Gasteiger partial charge in [-0.2, -0.15) is 0 Å². The minimum absolute atomic E-state index is 0.181. The van der Waals surface area contributed by atoms with Crippen molar-refractivity contribution in [3.05, 3.63) is 146 Å². The summed E-state index contributed by atoms with van der Waals surface area (Å²) in [7, 11) is 5.97. The summed E-state index contributed by atoms with van der Waals surface area (Å²) in [4.78, 5) is 37.6. The van der Waals surface area contributed by atoms with Gasteiger partial charge in [-0.25, -0.2) is 4.79 Å². The molecule has 0 fully saturated rings. The second kappa shape index (κ2) is 69.1. The van der Waals surface area contributed by atoms with Gasteiger partial charge in [0.2, 0.25) is 0 Å². The maximum atomic E-state index is 13.0. The Bertz CT molecular complexity index is 1970. The highest BCUT2D eigenvalue weighted by Crippen LogP contribution is 2.17. The molecule has 89 heavy (non-hydrogen) atoms. The summed E-state index contributed by atoms with van der Waals surface area (Å²) in [5, 5.41) is 9.75. The van der Waals surface area contributed by atoms with Crippen LogP contribution in [0.4, 0.5) is 0 Å². The van der Waals surface area contributed by atoms with Crippen LogP contribution in [0.5, 0.6) is 0 Å². The van der Waals surface area contributed by atoms with Crippen LogP contribution in [-0.2, 0) is 33.3 Å². The summed E-state index contributed by atoms with van der Waals surface area (Å²) < 4.78 is 23.0. The fourth-order valence-electron chi connectivity index (χ4n) is 9.67. The van der Waals surface area contributed by atoms with E-state index in [1.807, 2.05) is 21.1 Å². The SMILES string of the molecule is CC/C=C\C/C=C\C/C=C\C/C=C\C/C=C\C/C=C\C/C=C\CCCCCCCCCCCCCCCCCCCC(=O)OC(COC(=O)CCCCCCCCCCC/C=C\C/C=C\C/C=C\C/C=C\C/C=C\CC)COC(OCC[N+](C)(C)C)C(=O)O. The minimum atomic E-state index is -1.52. The van der Waals surface area contributed by atoms with Crippen LogP contribution in [-0.4, -0.2) is 87.4 Å². The van der Waals surface area contributed by atoms with E-state index in [0.29, 0.717) is 17.4 Å². The van der Waals surface area contributed by atoms with Crippen molar-refractivity contribution in [3.8, 4) is 0 Å². The molecule has 2 unspecified atom stereocenters. The molecule has 0 radical (unpaired) electrons. The second-order valence-electron chi connectivity index (χ2n) is 24.8. The average Bonchev–Trinajstić information content (AvgIpc) is 3.64. The number of carbonyl (C=O) groups excluding carboxylic acids is 2. The van der Waals surface area contributed by atoms with Gasteiger partial charge in [0, 0.05) is 12.8 Å². The zero-order valence-corrected chi connectivity index (χ0v) is 57.8. The van der Waals surface area contributed by atoms with Crippen LogP contribution < -0.4 is 0 Å². The Balaban J connectivity index is 4.10. The number of aliphatic carboxylic acids is 1. The van der Waals surface area contributed by atoms with Crippen molar-refractivity contribution in [2.45, 2.75) is 296 Å². The maximum Gasteiger partial charge on any atom is 0.361 e. The van der Waals surface area contributed by atoms with E-state index >= 15 is 0 Å². The Labute approximate surface area is 547 Å². The Morgan fingerprint density at radius 1 is 0.337 bits per heavy atom. The topological polar surface area (TPSA) is 108 Å². The van der Waals surface area contributed by atoms with Crippen molar-refractivity contribution in [1.29, 1.82) is 0 Å². The molecule has 506 valence electrons. The number of hydrogen-bond donors (Lipinski definition) is 1. The van der Waals surface area contributed by atoms with Gasteiger partial charge in [-0.3, -0.25) is 9.59 Å². The molecule has 0 aromatic rings. The molecular weight excluding hydrogens is 1100 g/mol. The number of quaternary nitrogens is 1. The molecule has 0 bridgehead atoms. The monoisotopic (exact) mass is 1240 g/mol. The van der Waals surface area contributed by atoms with Gasteiger partial charge in [0.15, 0.2) is 6.10 Å². The van der Waals surface area contributed by atoms with Crippen molar-refractivity contribution < 1.29 is 42.9 Å². The normalized spacial score (nSPS) is 13.6. The summed E-state index contributed by atoms with van der Waals surface area (Å²) >= 11 is 0. The van der Waals surface area contributed by atoms with E-state index in [1.165, 1.54) is 128 Å². The molecule has 0 saturated heterocycles. The van der Waals surface area contributed by atoms with Gasteiger partial charge in [-0.1, -0.05) is 301 Å². The summed E-state index contributed by atoms with van der Waals surface area (Å²) in [6.07, 6.45) is 98.2. The first-order valence-electron chi connectivity index (χ1n) is 36.0. The van der Waals surface area contributed by atoms with Crippen molar-refractivity contribution in [3.63, 3.8) is 0 Å². The predicted molar refractivity (Wildman–Crippen MR) is 382 cm³/mol.